The van der Waals surface area contributed by atoms with E-state index in [2.05, 4.69) is 5.32 Å². The van der Waals surface area contributed by atoms with E-state index in [4.69, 9.17) is 20.3 Å². The van der Waals surface area contributed by atoms with E-state index in [0.29, 0.717) is 18.9 Å². The minimum atomic E-state index is -0.504. The van der Waals surface area contributed by atoms with Gasteiger partial charge in [0.1, 0.15) is 5.75 Å². The topological polar surface area (TPSA) is 93.8 Å². The van der Waals surface area contributed by atoms with Gasteiger partial charge in [0.05, 0.1) is 19.3 Å². The molecule has 4 N–H and O–H groups in total. The highest BCUT2D eigenvalue weighted by Crippen LogP contribution is 2.12. The van der Waals surface area contributed by atoms with Crippen LogP contribution in [0.5, 0.6) is 5.75 Å². The smallest absolute Gasteiger partial charge is 0.255 e. The maximum absolute atomic E-state index is 10.6. The Morgan fingerprint density at radius 2 is 2.11 bits per heavy atom. The number of carbonyl (C=O) groups excluding carboxylic acids is 1. The Morgan fingerprint density at radius 1 is 1.42 bits per heavy atom. The number of primary amides is 1. The van der Waals surface area contributed by atoms with E-state index < -0.39 is 5.91 Å². The van der Waals surface area contributed by atoms with Crippen LogP contribution in [0.15, 0.2) is 24.3 Å². The molecule has 1 unspecified atom stereocenters. The Kier molecular flexibility index (Phi) is 6.88. The molecule has 6 heteroatoms. The van der Waals surface area contributed by atoms with Gasteiger partial charge in [-0.15, -0.1) is 0 Å². The first-order chi connectivity index (χ1) is 9.15. The number of aliphatic hydroxyl groups is 1. The molecule has 0 saturated heterocycles. The highest BCUT2D eigenvalue weighted by atomic mass is 16.5. The Hall–Kier alpha value is -1.63. The molecule has 0 radical (unpaired) electrons. The van der Waals surface area contributed by atoms with Crippen molar-refractivity contribution in [2.75, 3.05) is 26.9 Å². The van der Waals surface area contributed by atoms with Gasteiger partial charge in [-0.25, -0.2) is 0 Å². The fraction of sp³-hybridized carbons (Fsp3) is 0.462. The molecule has 0 saturated carbocycles. The van der Waals surface area contributed by atoms with Gasteiger partial charge in [0.25, 0.3) is 5.91 Å². The molecule has 0 heterocycles. The zero-order chi connectivity index (χ0) is 14.1. The summed E-state index contributed by atoms with van der Waals surface area (Å²) in [5, 5.41) is 12.3. The second-order valence-electron chi connectivity index (χ2n) is 4.11. The molecule has 19 heavy (non-hydrogen) atoms. The van der Waals surface area contributed by atoms with Crippen LogP contribution in [0.3, 0.4) is 0 Å². The monoisotopic (exact) mass is 268 g/mol. The number of nitrogens with two attached hydrogens (primary N) is 1. The molecule has 0 aliphatic carbocycles. The molecule has 0 aliphatic rings. The van der Waals surface area contributed by atoms with Crippen LogP contribution in [0, 0.1) is 0 Å². The summed E-state index contributed by atoms with van der Waals surface area (Å²) in [6, 6.07) is 7.21. The predicted octanol–water partition coefficient (Wildman–Crippen LogP) is -0.352. The van der Waals surface area contributed by atoms with Gasteiger partial charge < -0.3 is 25.6 Å². The number of benzene rings is 1. The van der Waals surface area contributed by atoms with Crippen LogP contribution in [-0.2, 0) is 16.1 Å². The summed E-state index contributed by atoms with van der Waals surface area (Å²) >= 11 is 0. The number of hydrogen-bond acceptors (Lipinski definition) is 5. The van der Waals surface area contributed by atoms with E-state index in [1.807, 2.05) is 12.1 Å². The second kappa shape index (κ2) is 8.47. The van der Waals surface area contributed by atoms with Crippen molar-refractivity contribution in [2.45, 2.75) is 12.6 Å². The first kappa shape index (κ1) is 15.4. The van der Waals surface area contributed by atoms with Crippen LogP contribution < -0.4 is 15.8 Å². The maximum Gasteiger partial charge on any atom is 0.255 e. The molecule has 1 aromatic rings. The summed E-state index contributed by atoms with van der Waals surface area (Å²) < 4.78 is 10.1. The Bertz CT molecular complexity index is 381. The normalized spacial score (nSPS) is 12.1. The number of hydrogen-bond donors (Lipinski definition) is 3. The molecule has 1 amide bonds. The third kappa shape index (κ3) is 6.19. The number of amides is 1. The largest absolute Gasteiger partial charge is 0.484 e. The zero-order valence-electron chi connectivity index (χ0n) is 11.0. The minimum Gasteiger partial charge on any atom is -0.484 e. The Labute approximate surface area is 112 Å². The lowest BCUT2D eigenvalue weighted by Gasteiger charge is -2.15. The maximum atomic E-state index is 10.6. The van der Waals surface area contributed by atoms with Crippen molar-refractivity contribution >= 4 is 5.91 Å². The van der Waals surface area contributed by atoms with Gasteiger partial charge in [-0.2, -0.15) is 0 Å². The predicted molar refractivity (Wildman–Crippen MR) is 70.7 cm³/mol. The average molecular weight is 268 g/mol. The van der Waals surface area contributed by atoms with Gasteiger partial charge in [-0.05, 0) is 17.7 Å². The van der Waals surface area contributed by atoms with Crippen molar-refractivity contribution < 1.29 is 19.4 Å². The van der Waals surface area contributed by atoms with Crippen LogP contribution in [0.1, 0.15) is 5.56 Å². The first-order valence-electron chi connectivity index (χ1n) is 5.99. The minimum absolute atomic E-state index is 0.0215. The third-order valence-electron chi connectivity index (χ3n) is 2.49. The summed E-state index contributed by atoms with van der Waals surface area (Å²) in [6.07, 6.45) is 0. The summed E-state index contributed by atoms with van der Waals surface area (Å²) in [4.78, 5) is 10.6. The molecular formula is C13H20N2O4. The first-order valence-corrected chi connectivity index (χ1v) is 5.99. The number of rotatable bonds is 9. The van der Waals surface area contributed by atoms with E-state index >= 15 is 0 Å². The molecule has 0 fully saturated rings. The lowest BCUT2D eigenvalue weighted by atomic mass is 10.2. The van der Waals surface area contributed by atoms with Crippen LogP contribution in [0.2, 0.25) is 0 Å². The van der Waals surface area contributed by atoms with Crippen molar-refractivity contribution in [3.63, 3.8) is 0 Å². The van der Waals surface area contributed by atoms with Crippen LogP contribution >= 0.6 is 0 Å². The summed E-state index contributed by atoms with van der Waals surface area (Å²) in [5.74, 6) is 0.0919. The fourth-order valence-electron chi connectivity index (χ4n) is 1.50. The van der Waals surface area contributed by atoms with E-state index in [-0.39, 0.29) is 19.3 Å². The molecule has 0 bridgehead atoms. The van der Waals surface area contributed by atoms with Crippen LogP contribution in [0.25, 0.3) is 0 Å². The molecule has 0 aliphatic heterocycles. The standard InChI is InChI=1S/C13H20N2O4/c1-18-8-11(7-16)15-6-10-2-4-12(5-3-10)19-9-13(14)17/h2-5,11,15-16H,6-9H2,1H3,(H2,14,17). The van der Waals surface area contributed by atoms with Gasteiger partial charge >= 0.3 is 0 Å². The molecule has 0 spiro atoms. The summed E-state index contributed by atoms with van der Waals surface area (Å²) in [5.41, 5.74) is 6.03. The van der Waals surface area contributed by atoms with Crippen LogP contribution in [0.4, 0.5) is 0 Å². The molecule has 1 atom stereocenters. The van der Waals surface area contributed by atoms with Gasteiger partial charge in [-0.3, -0.25) is 4.79 Å². The van der Waals surface area contributed by atoms with E-state index in [9.17, 15) is 4.79 Å². The molecule has 106 valence electrons. The number of aliphatic hydroxyl groups excluding tert-OH is 1. The van der Waals surface area contributed by atoms with E-state index in [1.165, 1.54) is 0 Å². The van der Waals surface area contributed by atoms with Gasteiger partial charge in [0.15, 0.2) is 6.61 Å². The van der Waals surface area contributed by atoms with Crippen molar-refractivity contribution in [1.82, 2.24) is 5.32 Å². The molecule has 1 rings (SSSR count). The van der Waals surface area contributed by atoms with Gasteiger partial charge in [0, 0.05) is 13.7 Å². The SMILES string of the molecule is COCC(CO)NCc1ccc(OCC(N)=O)cc1. The number of ether oxygens (including phenoxy) is 2. The number of methoxy groups -OCH3 is 1. The lowest BCUT2D eigenvalue weighted by Crippen LogP contribution is -2.35. The van der Waals surface area contributed by atoms with Crippen molar-refractivity contribution in [1.29, 1.82) is 0 Å². The van der Waals surface area contributed by atoms with Gasteiger partial charge in [-0.1, -0.05) is 12.1 Å². The van der Waals surface area contributed by atoms with Crippen molar-refractivity contribution in [3.05, 3.63) is 29.8 Å². The fourth-order valence-corrected chi connectivity index (χ4v) is 1.50. The lowest BCUT2D eigenvalue weighted by molar-refractivity contribution is -0.119. The van der Waals surface area contributed by atoms with Crippen LogP contribution in [-0.4, -0.2) is 44.0 Å². The van der Waals surface area contributed by atoms with Crippen molar-refractivity contribution in [2.24, 2.45) is 5.73 Å². The molecule has 6 nitrogen and oxygen atoms in total. The third-order valence-corrected chi connectivity index (χ3v) is 2.49. The number of carbonyl (C=O) groups is 1. The van der Waals surface area contributed by atoms with Gasteiger partial charge in [0.2, 0.25) is 0 Å². The van der Waals surface area contributed by atoms with Crippen molar-refractivity contribution in [3.8, 4) is 5.75 Å². The van der Waals surface area contributed by atoms with E-state index in [0.717, 1.165) is 5.56 Å². The highest BCUT2D eigenvalue weighted by Gasteiger charge is 2.06. The average Bonchev–Trinajstić information content (AvgIpc) is 2.42. The number of nitrogens with one attached hydrogen (secondary N) is 1. The molecule has 0 aromatic heterocycles. The molecular weight excluding hydrogens is 248 g/mol. The Morgan fingerprint density at radius 3 is 2.63 bits per heavy atom. The highest BCUT2D eigenvalue weighted by molar-refractivity contribution is 5.75. The summed E-state index contributed by atoms with van der Waals surface area (Å²) in [6.45, 7) is 0.965. The second-order valence-corrected chi connectivity index (χ2v) is 4.11. The summed E-state index contributed by atoms with van der Waals surface area (Å²) in [7, 11) is 1.59. The van der Waals surface area contributed by atoms with E-state index in [1.54, 1.807) is 19.2 Å². The molecule has 1 aromatic carbocycles. The zero-order valence-corrected chi connectivity index (χ0v) is 11.0. The Balaban J connectivity index is 2.41. The quantitative estimate of drug-likeness (QED) is 0.569.